The van der Waals surface area contributed by atoms with Gasteiger partial charge in [0.2, 0.25) is 0 Å². The summed E-state index contributed by atoms with van der Waals surface area (Å²) in [5.41, 5.74) is 9.11. The number of benzene rings is 2. The number of nitrogens with zero attached hydrogens (tertiary/aromatic N) is 1. The number of rotatable bonds is 11. The molecule has 248 valence electrons. The van der Waals surface area contributed by atoms with E-state index in [0.717, 1.165) is 30.8 Å². The van der Waals surface area contributed by atoms with Crippen molar-refractivity contribution in [2.45, 2.75) is 144 Å². The van der Waals surface area contributed by atoms with Gasteiger partial charge in [-0.3, -0.25) is 5.41 Å². The van der Waals surface area contributed by atoms with Gasteiger partial charge >= 0.3 is 0 Å². The highest BCUT2D eigenvalue weighted by Crippen LogP contribution is 2.76. The van der Waals surface area contributed by atoms with Crippen molar-refractivity contribution < 1.29 is 0 Å². The summed E-state index contributed by atoms with van der Waals surface area (Å²) in [4.78, 5) is 2.26. The summed E-state index contributed by atoms with van der Waals surface area (Å²) in [5.74, 6) is 2.65. The Morgan fingerprint density at radius 3 is 2.18 bits per heavy atom. The zero-order valence-electron chi connectivity index (χ0n) is 30.4. The maximum absolute atomic E-state index is 8.24. The van der Waals surface area contributed by atoms with E-state index in [9.17, 15) is 0 Å². The number of nitrogens with one attached hydrogen (secondary N) is 2. The van der Waals surface area contributed by atoms with Crippen molar-refractivity contribution in [3.8, 4) is 11.1 Å². The predicted octanol–water partition coefficient (Wildman–Crippen LogP) is 11.8. The first kappa shape index (κ1) is 36.8. The van der Waals surface area contributed by atoms with Crippen molar-refractivity contribution in [1.82, 2.24) is 10.2 Å². The van der Waals surface area contributed by atoms with Crippen LogP contribution in [-0.4, -0.2) is 22.8 Å². The molecule has 0 aromatic heterocycles. The van der Waals surface area contributed by atoms with Crippen LogP contribution < -0.4 is 5.32 Å². The molecule has 0 amide bonds. The first-order valence-corrected chi connectivity index (χ1v) is 18.3. The van der Waals surface area contributed by atoms with Gasteiger partial charge in [-0.15, -0.1) is 6.58 Å². The highest BCUT2D eigenvalue weighted by atomic mass is 15.5. The lowest BCUT2D eigenvalue weighted by Crippen LogP contribution is -2.43. The van der Waals surface area contributed by atoms with Gasteiger partial charge in [0.05, 0.1) is 5.54 Å². The standard InChI is InChI=1S/C27H31N3.C9H20.C4H8.C2H6/c1-18-11-12-21(17-29-16-19-7-4-3-5-8-19)23(13-18)20-9-6-10-22(14-20)26(2)24-15-27(24)25(28)30(26)27;1-4-7-9(6-3)8-5-2;1-4(2)3;1-2/h6,9-15,19,28-29H,3-5,7-8,16-17H2,1-2H3;9H,4-8H2,1-3H3;1H2,2-3H3;1-2H3. The Balaban J connectivity index is 0.000000312. The van der Waals surface area contributed by atoms with Gasteiger partial charge in [-0.05, 0) is 98.9 Å². The Kier molecular flexibility index (Phi) is 13.7. The van der Waals surface area contributed by atoms with Crippen molar-refractivity contribution in [3.05, 3.63) is 83.0 Å². The SMILES string of the molecule is C=C(C)C.CC.CCCC(CC)CCC.Cc1ccc(CNCC2CCCCC2)c(-c2cccc(C3(C)C4=CC45C(=N)N53)c2)c1. The molecule has 2 atom stereocenters. The molecule has 0 bridgehead atoms. The molecule has 2 saturated heterocycles. The monoisotopic (exact) mass is 612 g/mol. The number of hydrogen-bond donors (Lipinski definition) is 2. The van der Waals surface area contributed by atoms with Crippen molar-refractivity contribution in [2.24, 2.45) is 11.8 Å². The van der Waals surface area contributed by atoms with E-state index in [0.29, 0.717) is 0 Å². The van der Waals surface area contributed by atoms with Gasteiger partial charge < -0.3 is 10.2 Å². The molecule has 3 fully saturated rings. The summed E-state index contributed by atoms with van der Waals surface area (Å²) < 4.78 is 0. The van der Waals surface area contributed by atoms with E-state index in [-0.39, 0.29) is 11.1 Å². The summed E-state index contributed by atoms with van der Waals surface area (Å²) in [5, 5.41) is 12.0. The fourth-order valence-electron chi connectivity index (χ4n) is 7.53. The van der Waals surface area contributed by atoms with Crippen LogP contribution in [0.25, 0.3) is 11.1 Å². The van der Waals surface area contributed by atoms with Crippen LogP contribution in [0.5, 0.6) is 0 Å². The second-order valence-corrected chi connectivity index (χ2v) is 14.0. The molecule has 2 heterocycles. The van der Waals surface area contributed by atoms with Gasteiger partial charge in [-0.2, -0.15) is 0 Å². The zero-order valence-corrected chi connectivity index (χ0v) is 30.4. The smallest absolute Gasteiger partial charge is 0.143 e. The lowest BCUT2D eigenvalue weighted by Gasteiger charge is -2.38. The Morgan fingerprint density at radius 2 is 1.64 bits per heavy atom. The number of allylic oxidation sites excluding steroid dienone is 1. The van der Waals surface area contributed by atoms with Crippen LogP contribution in [0.4, 0.5) is 0 Å². The molecule has 1 saturated carbocycles. The molecule has 4 aliphatic rings. The first-order valence-electron chi connectivity index (χ1n) is 18.3. The highest BCUT2D eigenvalue weighted by Gasteiger charge is 2.87. The van der Waals surface area contributed by atoms with Crippen LogP contribution in [0.1, 0.15) is 136 Å². The van der Waals surface area contributed by atoms with Crippen molar-refractivity contribution in [2.75, 3.05) is 6.54 Å². The maximum atomic E-state index is 8.24. The van der Waals surface area contributed by atoms with Crippen LogP contribution in [0.3, 0.4) is 0 Å². The topological polar surface area (TPSA) is 38.9 Å². The Morgan fingerprint density at radius 1 is 1.00 bits per heavy atom. The van der Waals surface area contributed by atoms with Gasteiger partial charge in [0.1, 0.15) is 11.4 Å². The molecular formula is C42H65N3. The molecule has 3 heteroatoms. The van der Waals surface area contributed by atoms with Crippen molar-refractivity contribution in [3.63, 3.8) is 0 Å². The van der Waals surface area contributed by atoms with E-state index in [1.165, 1.54) is 103 Å². The zero-order chi connectivity index (χ0) is 33.2. The number of aryl methyl sites for hydroxylation is 1. The third kappa shape index (κ3) is 8.39. The average molecular weight is 612 g/mol. The minimum absolute atomic E-state index is 0.0116. The lowest BCUT2D eigenvalue weighted by atomic mass is 9.81. The third-order valence-corrected chi connectivity index (χ3v) is 9.98. The summed E-state index contributed by atoms with van der Waals surface area (Å²) in [7, 11) is 0. The molecule has 2 aromatic carbocycles. The first-order chi connectivity index (χ1) is 21.6. The number of hydrogen-bond acceptors (Lipinski definition) is 2. The van der Waals surface area contributed by atoms with Crippen LogP contribution in [0.2, 0.25) is 0 Å². The molecule has 0 radical (unpaired) electrons. The lowest BCUT2D eigenvalue weighted by molar-refractivity contribution is 0.237. The maximum Gasteiger partial charge on any atom is 0.143 e. The van der Waals surface area contributed by atoms with E-state index >= 15 is 0 Å². The minimum Gasteiger partial charge on any atom is -0.325 e. The summed E-state index contributed by atoms with van der Waals surface area (Å²) in [6, 6.07) is 15.9. The van der Waals surface area contributed by atoms with Crippen molar-refractivity contribution >= 4 is 5.84 Å². The van der Waals surface area contributed by atoms with E-state index in [2.05, 4.69) is 100.0 Å². The van der Waals surface area contributed by atoms with E-state index in [4.69, 9.17) is 5.41 Å². The summed E-state index contributed by atoms with van der Waals surface area (Å²) in [6.07, 6.45) is 16.2. The van der Waals surface area contributed by atoms with Gasteiger partial charge in [-0.25, -0.2) is 0 Å². The fourth-order valence-corrected chi connectivity index (χ4v) is 7.53. The average Bonchev–Trinajstić information content (AvgIpc) is 3.89. The molecule has 2 aliphatic carbocycles. The van der Waals surface area contributed by atoms with E-state index in [1.807, 2.05) is 27.7 Å². The molecule has 1 spiro atoms. The quantitative estimate of drug-likeness (QED) is 0.196. The molecule has 45 heavy (non-hydrogen) atoms. The Labute approximate surface area is 277 Å². The van der Waals surface area contributed by atoms with Gasteiger partial charge in [0.25, 0.3) is 0 Å². The third-order valence-electron chi connectivity index (χ3n) is 9.98. The van der Waals surface area contributed by atoms with Gasteiger partial charge in [-0.1, -0.05) is 134 Å². The van der Waals surface area contributed by atoms with E-state index in [1.54, 1.807) is 0 Å². The Bertz CT molecular complexity index is 1290. The molecule has 2 unspecified atom stereocenters. The van der Waals surface area contributed by atoms with Gasteiger partial charge in [0, 0.05) is 6.54 Å². The van der Waals surface area contributed by atoms with Gasteiger partial charge in [0.15, 0.2) is 0 Å². The predicted molar refractivity (Wildman–Crippen MR) is 198 cm³/mol. The second-order valence-electron chi connectivity index (χ2n) is 14.0. The summed E-state index contributed by atoms with van der Waals surface area (Å²) >= 11 is 0. The highest BCUT2D eigenvalue weighted by molar-refractivity contribution is 6.22. The Hall–Kier alpha value is -2.65. The van der Waals surface area contributed by atoms with Crippen LogP contribution >= 0.6 is 0 Å². The van der Waals surface area contributed by atoms with E-state index < -0.39 is 0 Å². The molecular weight excluding hydrogens is 546 g/mol. The second kappa shape index (κ2) is 16.8. The molecule has 6 rings (SSSR count). The minimum atomic E-state index is -0.101. The largest absolute Gasteiger partial charge is 0.325 e. The molecule has 2 aromatic rings. The summed E-state index contributed by atoms with van der Waals surface area (Å²) in [6.45, 7) is 24.9. The fraction of sp³-hybridized carbons (Fsp3) is 0.595. The molecule has 3 nitrogen and oxygen atoms in total. The molecule has 2 aliphatic heterocycles. The van der Waals surface area contributed by atoms with Crippen LogP contribution in [0, 0.1) is 24.2 Å². The number of amidine groups is 1. The van der Waals surface area contributed by atoms with Crippen LogP contribution in [-0.2, 0) is 12.1 Å². The normalized spacial score (nSPS) is 22.2. The molecule has 2 N–H and O–H groups in total. The van der Waals surface area contributed by atoms with Crippen molar-refractivity contribution in [1.29, 1.82) is 5.41 Å². The van der Waals surface area contributed by atoms with Crippen LogP contribution in [0.15, 0.2) is 66.3 Å².